The van der Waals surface area contributed by atoms with E-state index in [1.807, 2.05) is 0 Å². The quantitative estimate of drug-likeness (QED) is 0.299. The second kappa shape index (κ2) is 13.5. The van der Waals surface area contributed by atoms with Gasteiger partial charge in [0, 0.05) is 16.7 Å². The molecular formula is C24H24O8. The number of phenolic OH excluding ortho intramolecular Hbond substituents is 2. The first-order chi connectivity index (χ1) is 15.1. The molecule has 8 nitrogen and oxygen atoms in total. The van der Waals surface area contributed by atoms with Gasteiger partial charge >= 0.3 is 0 Å². The molecule has 0 heterocycles. The van der Waals surface area contributed by atoms with E-state index in [1.165, 1.54) is 49.4 Å². The summed E-state index contributed by atoms with van der Waals surface area (Å²) in [5, 5.41) is 43.2. The van der Waals surface area contributed by atoms with Gasteiger partial charge in [-0.1, -0.05) is 42.5 Å². The van der Waals surface area contributed by atoms with Gasteiger partial charge in [-0.2, -0.15) is 0 Å². The average molecular weight is 440 g/mol. The minimum Gasteiger partial charge on any atom is -0.508 e. The summed E-state index contributed by atoms with van der Waals surface area (Å²) in [5.41, 5.74) is 1.26. The zero-order valence-corrected chi connectivity index (χ0v) is 17.3. The largest absolute Gasteiger partial charge is 0.508 e. The van der Waals surface area contributed by atoms with Gasteiger partial charge in [0.05, 0.1) is 0 Å². The van der Waals surface area contributed by atoms with E-state index in [1.54, 1.807) is 36.4 Å². The lowest BCUT2D eigenvalue weighted by molar-refractivity contribution is -0.0195. The number of Topliss-reactive ketones (excluding diaryl/α,β-unsaturated/α-hetero) is 3. The molecule has 0 atom stereocenters. The Balaban J connectivity index is 0.000000240. The molecular weight excluding hydrogens is 416 g/mol. The molecule has 0 fully saturated rings. The van der Waals surface area contributed by atoms with Crippen molar-refractivity contribution in [3.63, 3.8) is 0 Å². The molecule has 0 spiro atoms. The number of carbonyl (C=O) groups is 3. The summed E-state index contributed by atoms with van der Waals surface area (Å²) in [6.45, 7) is 0.968. The molecule has 5 N–H and O–H groups in total. The maximum atomic E-state index is 10.8. The Bertz CT molecular complexity index is 1010. The number of hydrogen-bond donors (Lipinski definition) is 5. The first kappa shape index (κ1) is 26.2. The number of ketones is 3. The highest BCUT2D eigenvalue weighted by atomic mass is 16.5. The lowest BCUT2D eigenvalue weighted by atomic mass is 10.1. The second-order valence-corrected chi connectivity index (χ2v) is 6.34. The maximum Gasteiger partial charge on any atom is 0.218 e. The standard InChI is InChI=1S/2C8H8O3.C8H8O2/c9-5-8(11)6-2-1-3-7(10)4-6;9-7(8(10)11)6-4-2-1-3-5-6;1-6(9)7-2-4-8(10)5-3-7/h1-4,9-10H,5H2;1-5,8,10-11H;2-5,10H,1H3. The topological polar surface area (TPSA) is 152 Å². The van der Waals surface area contributed by atoms with Crippen LogP contribution in [0.25, 0.3) is 0 Å². The fourth-order valence-corrected chi connectivity index (χ4v) is 2.22. The average Bonchev–Trinajstić information content (AvgIpc) is 2.79. The fourth-order valence-electron chi connectivity index (χ4n) is 2.22. The van der Waals surface area contributed by atoms with E-state index < -0.39 is 18.7 Å². The Kier molecular flexibility index (Phi) is 11.0. The van der Waals surface area contributed by atoms with Crippen molar-refractivity contribution in [1.82, 2.24) is 0 Å². The van der Waals surface area contributed by atoms with Gasteiger partial charge in [0.2, 0.25) is 12.1 Å². The van der Waals surface area contributed by atoms with Gasteiger partial charge in [-0.25, -0.2) is 0 Å². The van der Waals surface area contributed by atoms with Gasteiger partial charge in [-0.05, 0) is 43.3 Å². The summed E-state index contributed by atoms with van der Waals surface area (Å²) in [4.78, 5) is 32.3. The molecule has 168 valence electrons. The first-order valence-electron chi connectivity index (χ1n) is 9.34. The van der Waals surface area contributed by atoms with Crippen molar-refractivity contribution in [2.24, 2.45) is 0 Å². The summed E-state index contributed by atoms with van der Waals surface area (Å²) in [6.07, 6.45) is -1.91. The van der Waals surface area contributed by atoms with Crippen LogP contribution in [0.5, 0.6) is 11.5 Å². The van der Waals surface area contributed by atoms with Crippen molar-refractivity contribution in [3.8, 4) is 11.5 Å². The predicted octanol–water partition coefficient (Wildman–Crippen LogP) is 2.34. The summed E-state index contributed by atoms with van der Waals surface area (Å²) < 4.78 is 0. The first-order valence-corrected chi connectivity index (χ1v) is 9.34. The van der Waals surface area contributed by atoms with E-state index >= 15 is 0 Å². The minimum atomic E-state index is -1.91. The van der Waals surface area contributed by atoms with Gasteiger partial charge in [0.25, 0.3) is 0 Å². The van der Waals surface area contributed by atoms with E-state index in [-0.39, 0.29) is 23.1 Å². The third-order valence-corrected chi connectivity index (χ3v) is 3.88. The molecule has 0 saturated carbocycles. The molecule has 0 bridgehead atoms. The highest BCUT2D eigenvalue weighted by Crippen LogP contribution is 2.11. The lowest BCUT2D eigenvalue weighted by Gasteiger charge is -2.00. The van der Waals surface area contributed by atoms with E-state index in [0.717, 1.165) is 0 Å². The molecule has 0 aliphatic rings. The van der Waals surface area contributed by atoms with Crippen LogP contribution in [0.15, 0.2) is 78.9 Å². The molecule has 3 aromatic carbocycles. The van der Waals surface area contributed by atoms with Crippen LogP contribution in [0.3, 0.4) is 0 Å². The highest BCUT2D eigenvalue weighted by Gasteiger charge is 2.12. The number of hydrogen-bond acceptors (Lipinski definition) is 8. The Morgan fingerprint density at radius 1 is 0.719 bits per heavy atom. The van der Waals surface area contributed by atoms with Gasteiger partial charge in [-0.3, -0.25) is 14.4 Å². The normalized spacial score (nSPS) is 9.66. The van der Waals surface area contributed by atoms with Gasteiger partial charge in [-0.15, -0.1) is 0 Å². The van der Waals surface area contributed by atoms with E-state index in [0.29, 0.717) is 16.7 Å². The molecule has 3 aromatic rings. The molecule has 0 radical (unpaired) electrons. The Morgan fingerprint density at radius 2 is 1.28 bits per heavy atom. The Hall–Kier alpha value is -3.85. The minimum absolute atomic E-state index is 0.0139. The Morgan fingerprint density at radius 3 is 1.75 bits per heavy atom. The molecule has 0 amide bonds. The lowest BCUT2D eigenvalue weighted by Crippen LogP contribution is -2.18. The van der Waals surface area contributed by atoms with E-state index in [4.69, 9.17) is 25.5 Å². The van der Waals surface area contributed by atoms with Gasteiger partial charge in [0.1, 0.15) is 18.1 Å². The monoisotopic (exact) mass is 440 g/mol. The van der Waals surface area contributed by atoms with Gasteiger partial charge in [0.15, 0.2) is 11.6 Å². The smallest absolute Gasteiger partial charge is 0.218 e. The van der Waals surface area contributed by atoms with Crippen LogP contribution in [-0.4, -0.2) is 55.8 Å². The molecule has 0 aromatic heterocycles. The molecule has 3 rings (SSSR count). The fraction of sp³-hybridized carbons (Fsp3) is 0.125. The van der Waals surface area contributed by atoms with Crippen molar-refractivity contribution in [1.29, 1.82) is 0 Å². The number of aromatic hydroxyl groups is 2. The number of phenols is 2. The second-order valence-electron chi connectivity index (χ2n) is 6.34. The van der Waals surface area contributed by atoms with Crippen molar-refractivity contribution >= 4 is 17.3 Å². The molecule has 0 aliphatic heterocycles. The highest BCUT2D eigenvalue weighted by molar-refractivity contribution is 5.98. The number of benzene rings is 3. The van der Waals surface area contributed by atoms with Crippen LogP contribution < -0.4 is 0 Å². The summed E-state index contributed by atoms with van der Waals surface area (Å²) in [6, 6.07) is 20.2. The van der Waals surface area contributed by atoms with Crippen molar-refractivity contribution < 1.29 is 39.9 Å². The molecule has 8 heteroatoms. The molecule has 0 unspecified atom stereocenters. The summed E-state index contributed by atoms with van der Waals surface area (Å²) >= 11 is 0. The summed E-state index contributed by atoms with van der Waals surface area (Å²) in [7, 11) is 0. The van der Waals surface area contributed by atoms with E-state index in [2.05, 4.69) is 0 Å². The van der Waals surface area contributed by atoms with Crippen LogP contribution in [0.4, 0.5) is 0 Å². The van der Waals surface area contributed by atoms with Crippen LogP contribution in [0.1, 0.15) is 38.0 Å². The third kappa shape index (κ3) is 9.31. The van der Waals surface area contributed by atoms with Gasteiger partial charge < -0.3 is 25.5 Å². The van der Waals surface area contributed by atoms with E-state index in [9.17, 15) is 14.4 Å². The number of aliphatic hydroxyl groups excluding tert-OH is 2. The van der Waals surface area contributed by atoms with Crippen LogP contribution >= 0.6 is 0 Å². The van der Waals surface area contributed by atoms with Crippen LogP contribution in [-0.2, 0) is 0 Å². The van der Waals surface area contributed by atoms with Crippen molar-refractivity contribution in [3.05, 3.63) is 95.6 Å². The molecule has 0 saturated heterocycles. The zero-order valence-electron chi connectivity index (χ0n) is 17.3. The molecule has 0 aliphatic carbocycles. The third-order valence-electron chi connectivity index (χ3n) is 3.88. The predicted molar refractivity (Wildman–Crippen MR) is 117 cm³/mol. The maximum absolute atomic E-state index is 10.8. The number of rotatable bonds is 5. The van der Waals surface area contributed by atoms with Crippen LogP contribution in [0, 0.1) is 0 Å². The van der Waals surface area contributed by atoms with Crippen LogP contribution in [0.2, 0.25) is 0 Å². The number of carbonyl (C=O) groups excluding carboxylic acids is 3. The van der Waals surface area contributed by atoms with Crippen molar-refractivity contribution in [2.45, 2.75) is 13.2 Å². The summed E-state index contributed by atoms with van der Waals surface area (Å²) in [5.74, 6) is -0.833. The van der Waals surface area contributed by atoms with Crippen molar-refractivity contribution in [2.75, 3.05) is 6.61 Å². The SMILES string of the molecule is CC(=O)c1ccc(O)cc1.O=C(CO)c1cccc(O)c1.O=C(c1ccccc1)C(O)O. The molecule has 32 heavy (non-hydrogen) atoms. The number of aliphatic hydroxyl groups is 3. The zero-order chi connectivity index (χ0) is 24.1. The Labute approximate surface area is 184 Å².